The largest absolute Gasteiger partial charge is 0.347 e. The lowest BCUT2D eigenvalue weighted by Gasteiger charge is -2.29. The fourth-order valence-corrected chi connectivity index (χ4v) is 2.96. The summed E-state index contributed by atoms with van der Waals surface area (Å²) >= 11 is 0. The summed E-state index contributed by atoms with van der Waals surface area (Å²) in [5.41, 5.74) is 3.25. The second-order valence-electron chi connectivity index (χ2n) is 6.21. The molecule has 0 saturated heterocycles. The molecule has 0 saturated carbocycles. The number of H-pyrrole nitrogens is 1. The van der Waals surface area contributed by atoms with Crippen LogP contribution in [0.4, 0.5) is 0 Å². The lowest BCUT2D eigenvalue weighted by molar-refractivity contribution is 0.0910. The van der Waals surface area contributed by atoms with Crippen LogP contribution >= 0.6 is 0 Å². The molecule has 2 aromatic heterocycles. The van der Waals surface area contributed by atoms with Gasteiger partial charge in [-0.15, -0.1) is 0 Å². The maximum Gasteiger partial charge on any atom is 0.165 e. The van der Waals surface area contributed by atoms with Crippen LogP contribution in [0, 0.1) is 12.3 Å². The Balaban J connectivity index is 2.04. The van der Waals surface area contributed by atoms with Crippen LogP contribution in [0.5, 0.6) is 0 Å². The van der Waals surface area contributed by atoms with Crippen LogP contribution in [0.3, 0.4) is 0 Å². The number of imidazole rings is 1. The van der Waals surface area contributed by atoms with Crippen LogP contribution in [-0.2, 0) is 13.0 Å². The number of carbonyl (C=O) groups is 1. The van der Waals surface area contributed by atoms with Crippen LogP contribution in [0.1, 0.15) is 47.8 Å². The molecule has 2 aromatic rings. The Morgan fingerprint density at radius 3 is 2.89 bits per heavy atom. The van der Waals surface area contributed by atoms with Crippen molar-refractivity contribution in [1.29, 1.82) is 0 Å². The monoisotopic (exact) mass is 257 g/mol. The number of nitrogens with one attached hydrogen (secondary N) is 1. The molecule has 1 aliphatic carbocycles. The Morgan fingerprint density at radius 1 is 1.42 bits per heavy atom. The molecule has 4 heteroatoms. The molecule has 19 heavy (non-hydrogen) atoms. The Bertz CT molecular complexity index is 620. The topological polar surface area (TPSA) is 50.7 Å². The van der Waals surface area contributed by atoms with Crippen molar-refractivity contribution < 1.29 is 4.79 Å². The van der Waals surface area contributed by atoms with Gasteiger partial charge in [-0.05, 0) is 24.8 Å². The Morgan fingerprint density at radius 2 is 2.21 bits per heavy atom. The predicted octanol–water partition coefficient (Wildman–Crippen LogP) is 2.72. The average Bonchev–Trinajstić information content (AvgIpc) is 2.90. The molecule has 0 amide bonds. The molecular formula is C15H19N3O. The zero-order valence-corrected chi connectivity index (χ0v) is 11.7. The third-order valence-corrected chi connectivity index (χ3v) is 3.86. The fraction of sp³-hybridized carbons (Fsp3) is 0.467. The number of nitrogens with zero attached hydrogens (tertiary/aromatic N) is 2. The molecule has 1 aliphatic rings. The van der Waals surface area contributed by atoms with Gasteiger partial charge in [0, 0.05) is 35.8 Å². The zero-order valence-electron chi connectivity index (χ0n) is 11.7. The van der Waals surface area contributed by atoms with E-state index in [1.54, 1.807) is 6.20 Å². The fourth-order valence-electron chi connectivity index (χ4n) is 2.96. The van der Waals surface area contributed by atoms with Crippen molar-refractivity contribution in [2.75, 3.05) is 0 Å². The van der Waals surface area contributed by atoms with Gasteiger partial charge in [-0.2, -0.15) is 0 Å². The van der Waals surface area contributed by atoms with Gasteiger partial charge in [-0.25, -0.2) is 4.98 Å². The number of hydrogen-bond acceptors (Lipinski definition) is 2. The zero-order chi connectivity index (χ0) is 13.6. The normalized spacial score (nSPS) is 17.5. The van der Waals surface area contributed by atoms with Crippen molar-refractivity contribution in [2.24, 2.45) is 5.41 Å². The van der Waals surface area contributed by atoms with Gasteiger partial charge in [0.25, 0.3) is 0 Å². The van der Waals surface area contributed by atoms with Crippen molar-refractivity contribution >= 4 is 5.78 Å². The molecule has 2 heterocycles. The minimum Gasteiger partial charge on any atom is -0.347 e. The molecule has 0 aromatic carbocycles. The first-order chi connectivity index (χ1) is 8.96. The van der Waals surface area contributed by atoms with Crippen LogP contribution in [-0.4, -0.2) is 20.3 Å². The van der Waals surface area contributed by atoms with Crippen LogP contribution in [0.25, 0.3) is 0 Å². The Kier molecular flexibility index (Phi) is 2.62. The van der Waals surface area contributed by atoms with E-state index in [-0.39, 0.29) is 11.2 Å². The van der Waals surface area contributed by atoms with Crippen LogP contribution in [0.15, 0.2) is 18.5 Å². The second-order valence-corrected chi connectivity index (χ2v) is 6.21. The van der Waals surface area contributed by atoms with Crippen molar-refractivity contribution in [1.82, 2.24) is 14.5 Å². The number of carbonyl (C=O) groups excluding carboxylic acids is 1. The SMILES string of the molecule is Cc1cc2c(n1Cc1ncc[nH]1)CC(C)(C)CC2=O. The molecule has 0 unspecified atom stereocenters. The Hall–Kier alpha value is -1.84. The molecule has 1 N–H and O–H groups in total. The summed E-state index contributed by atoms with van der Waals surface area (Å²) in [5.74, 6) is 1.20. The first-order valence-electron chi connectivity index (χ1n) is 6.67. The van der Waals surface area contributed by atoms with E-state index >= 15 is 0 Å². The summed E-state index contributed by atoms with van der Waals surface area (Å²) in [6.45, 7) is 7.08. The lowest BCUT2D eigenvalue weighted by atomic mass is 9.76. The molecule has 4 nitrogen and oxygen atoms in total. The molecule has 100 valence electrons. The van der Waals surface area contributed by atoms with Crippen molar-refractivity contribution in [2.45, 2.75) is 40.2 Å². The number of aryl methyl sites for hydroxylation is 1. The molecule has 0 fully saturated rings. The van der Waals surface area contributed by atoms with E-state index in [1.165, 1.54) is 0 Å². The minimum absolute atomic E-state index is 0.0514. The van der Waals surface area contributed by atoms with Gasteiger partial charge in [-0.3, -0.25) is 4.79 Å². The molecule has 0 radical (unpaired) electrons. The van der Waals surface area contributed by atoms with Crippen molar-refractivity contribution in [3.8, 4) is 0 Å². The number of aromatic nitrogens is 3. The number of aromatic amines is 1. The summed E-state index contributed by atoms with van der Waals surface area (Å²) in [6, 6.07) is 2.02. The van der Waals surface area contributed by atoms with E-state index in [0.29, 0.717) is 13.0 Å². The van der Waals surface area contributed by atoms with Crippen LogP contribution in [0.2, 0.25) is 0 Å². The number of rotatable bonds is 2. The smallest absolute Gasteiger partial charge is 0.165 e. The maximum atomic E-state index is 12.2. The third kappa shape index (κ3) is 2.11. The van der Waals surface area contributed by atoms with E-state index in [1.807, 2.05) is 12.3 Å². The first-order valence-corrected chi connectivity index (χ1v) is 6.67. The summed E-state index contributed by atoms with van der Waals surface area (Å²) in [6.07, 6.45) is 5.18. The van der Waals surface area contributed by atoms with Crippen molar-refractivity contribution in [3.63, 3.8) is 0 Å². The Labute approximate surface area is 112 Å². The molecular weight excluding hydrogens is 238 g/mol. The van der Waals surface area contributed by atoms with Gasteiger partial charge in [0.2, 0.25) is 0 Å². The number of ketones is 1. The summed E-state index contributed by atoms with van der Waals surface area (Å²) < 4.78 is 2.22. The quantitative estimate of drug-likeness (QED) is 0.899. The molecule has 0 spiro atoms. The highest BCUT2D eigenvalue weighted by molar-refractivity contribution is 5.99. The minimum atomic E-state index is 0.0514. The predicted molar refractivity (Wildman–Crippen MR) is 73.3 cm³/mol. The lowest BCUT2D eigenvalue weighted by Crippen LogP contribution is -2.28. The molecule has 3 rings (SSSR count). The first kappa shape index (κ1) is 12.2. The highest BCUT2D eigenvalue weighted by atomic mass is 16.1. The van der Waals surface area contributed by atoms with Gasteiger partial charge >= 0.3 is 0 Å². The number of Topliss-reactive ketones (excluding diaryl/α,β-unsaturated/α-hetero) is 1. The summed E-state index contributed by atoms with van der Waals surface area (Å²) in [7, 11) is 0. The van der Waals surface area contributed by atoms with Gasteiger partial charge in [0.05, 0.1) is 6.54 Å². The second kappa shape index (κ2) is 4.08. The van der Waals surface area contributed by atoms with Gasteiger partial charge in [0.1, 0.15) is 5.82 Å². The highest BCUT2D eigenvalue weighted by Gasteiger charge is 2.33. The van der Waals surface area contributed by atoms with E-state index in [0.717, 1.165) is 29.2 Å². The van der Waals surface area contributed by atoms with Gasteiger partial charge in [-0.1, -0.05) is 13.8 Å². The number of hydrogen-bond donors (Lipinski definition) is 1. The van der Waals surface area contributed by atoms with E-state index in [9.17, 15) is 4.79 Å². The summed E-state index contributed by atoms with van der Waals surface area (Å²) in [5, 5.41) is 0. The van der Waals surface area contributed by atoms with E-state index in [2.05, 4.69) is 35.3 Å². The van der Waals surface area contributed by atoms with E-state index < -0.39 is 0 Å². The van der Waals surface area contributed by atoms with Crippen LogP contribution < -0.4 is 0 Å². The third-order valence-electron chi connectivity index (χ3n) is 3.86. The standard InChI is InChI=1S/C15H19N3O/c1-10-6-11-12(7-15(2,3)8-13(11)19)18(10)9-14-16-4-5-17-14/h4-6H,7-9H2,1-3H3,(H,16,17). The maximum absolute atomic E-state index is 12.2. The summed E-state index contributed by atoms with van der Waals surface area (Å²) in [4.78, 5) is 19.6. The van der Waals surface area contributed by atoms with Gasteiger partial charge in [0.15, 0.2) is 5.78 Å². The highest BCUT2D eigenvalue weighted by Crippen LogP contribution is 2.36. The van der Waals surface area contributed by atoms with Gasteiger partial charge < -0.3 is 9.55 Å². The molecule has 0 bridgehead atoms. The molecule has 0 atom stereocenters. The average molecular weight is 257 g/mol. The molecule has 0 aliphatic heterocycles. The number of fused-ring (bicyclic) bond motifs is 1. The van der Waals surface area contributed by atoms with Crippen molar-refractivity contribution in [3.05, 3.63) is 41.2 Å². The van der Waals surface area contributed by atoms with E-state index in [4.69, 9.17) is 0 Å².